The number of piperidine rings is 1. The Hall–Kier alpha value is -2.30. The molecular weight excluding hydrogens is 304 g/mol. The molecule has 1 aromatic heterocycles. The predicted octanol–water partition coefficient (Wildman–Crippen LogP) is 3.19. The Balaban J connectivity index is 1.59. The van der Waals surface area contributed by atoms with Gasteiger partial charge in [-0.1, -0.05) is 37.3 Å². The Morgan fingerprint density at radius 1 is 1.29 bits per heavy atom. The monoisotopic (exact) mass is 328 g/mol. The summed E-state index contributed by atoms with van der Waals surface area (Å²) in [6.45, 7) is 3.60. The zero-order chi connectivity index (χ0) is 16.9. The fraction of sp³-hybridized carbons (Fsp3) is 0.474. The van der Waals surface area contributed by atoms with Crippen molar-refractivity contribution in [2.24, 2.45) is 0 Å². The van der Waals surface area contributed by atoms with E-state index in [2.05, 4.69) is 29.4 Å². The third-order valence-corrected chi connectivity index (χ3v) is 4.81. The number of aromatic nitrogens is 1. The van der Waals surface area contributed by atoms with E-state index in [9.17, 15) is 4.79 Å². The third-order valence-electron chi connectivity index (χ3n) is 4.81. The van der Waals surface area contributed by atoms with Gasteiger partial charge in [0.15, 0.2) is 5.76 Å². The van der Waals surface area contributed by atoms with Crippen LogP contribution in [0.5, 0.6) is 5.88 Å². The van der Waals surface area contributed by atoms with Crippen LogP contribution in [0, 0.1) is 0 Å². The highest BCUT2D eigenvalue weighted by Crippen LogP contribution is 2.28. The van der Waals surface area contributed by atoms with Gasteiger partial charge in [-0.25, -0.2) is 0 Å². The number of nitrogens with zero attached hydrogens (tertiary/aromatic N) is 2. The Morgan fingerprint density at radius 3 is 2.62 bits per heavy atom. The summed E-state index contributed by atoms with van der Waals surface area (Å²) in [5, 5.41) is 3.89. The maximum Gasteiger partial charge on any atom is 0.257 e. The van der Waals surface area contributed by atoms with Crippen LogP contribution in [0.15, 0.2) is 34.9 Å². The molecule has 1 aliphatic heterocycles. The first-order chi connectivity index (χ1) is 11.7. The summed E-state index contributed by atoms with van der Waals surface area (Å²) in [7, 11) is 1.57. The topological polar surface area (TPSA) is 55.6 Å². The number of benzene rings is 1. The second-order valence-electron chi connectivity index (χ2n) is 6.19. The largest absolute Gasteiger partial charge is 0.479 e. The standard InChI is InChI=1S/C19H24N2O3/c1-3-16-17(24-20-19(16)23-2)13-18(22)21-11-9-15(10-12-21)14-7-5-4-6-8-14/h4-8,15H,3,9-13H2,1-2H3. The minimum Gasteiger partial charge on any atom is -0.479 e. The Kier molecular flexibility index (Phi) is 5.18. The average Bonchev–Trinajstić information content (AvgIpc) is 3.04. The van der Waals surface area contributed by atoms with E-state index in [1.54, 1.807) is 7.11 Å². The van der Waals surface area contributed by atoms with Gasteiger partial charge in [0, 0.05) is 13.1 Å². The molecule has 1 amide bonds. The number of hydrogen-bond acceptors (Lipinski definition) is 4. The number of amides is 1. The second kappa shape index (κ2) is 7.51. The maximum atomic E-state index is 12.6. The zero-order valence-electron chi connectivity index (χ0n) is 14.3. The SMILES string of the molecule is CCc1c(OC)noc1CC(=O)N1CCC(c2ccccc2)CC1. The van der Waals surface area contributed by atoms with E-state index in [0.29, 0.717) is 17.6 Å². The number of ether oxygens (including phenoxy) is 1. The molecule has 5 heteroatoms. The molecule has 1 fully saturated rings. The average molecular weight is 328 g/mol. The van der Waals surface area contributed by atoms with Gasteiger partial charge in [-0.2, -0.15) is 0 Å². The van der Waals surface area contributed by atoms with Crippen LogP contribution >= 0.6 is 0 Å². The highest BCUT2D eigenvalue weighted by molar-refractivity contribution is 5.78. The lowest BCUT2D eigenvalue weighted by Gasteiger charge is -2.32. The van der Waals surface area contributed by atoms with Crippen LogP contribution < -0.4 is 4.74 Å². The molecular formula is C19H24N2O3. The molecule has 2 heterocycles. The van der Waals surface area contributed by atoms with E-state index < -0.39 is 0 Å². The van der Waals surface area contributed by atoms with E-state index in [4.69, 9.17) is 9.26 Å². The molecule has 0 spiro atoms. The van der Waals surface area contributed by atoms with E-state index in [-0.39, 0.29) is 12.3 Å². The van der Waals surface area contributed by atoms with E-state index in [0.717, 1.165) is 37.9 Å². The van der Waals surface area contributed by atoms with Crippen LogP contribution in [0.3, 0.4) is 0 Å². The fourth-order valence-corrected chi connectivity index (χ4v) is 3.41. The summed E-state index contributed by atoms with van der Waals surface area (Å²) in [5.74, 6) is 1.77. The van der Waals surface area contributed by atoms with Crippen LogP contribution in [0.25, 0.3) is 0 Å². The zero-order valence-corrected chi connectivity index (χ0v) is 14.3. The number of methoxy groups -OCH3 is 1. The smallest absolute Gasteiger partial charge is 0.257 e. The molecule has 0 unspecified atom stereocenters. The summed E-state index contributed by atoms with van der Waals surface area (Å²) in [5.41, 5.74) is 2.27. The predicted molar refractivity (Wildman–Crippen MR) is 91.1 cm³/mol. The molecule has 5 nitrogen and oxygen atoms in total. The van der Waals surface area contributed by atoms with E-state index in [1.165, 1.54) is 5.56 Å². The molecule has 0 N–H and O–H groups in total. The lowest BCUT2D eigenvalue weighted by molar-refractivity contribution is -0.131. The van der Waals surface area contributed by atoms with Crippen LogP contribution in [0.1, 0.15) is 42.6 Å². The molecule has 1 aliphatic rings. The number of likely N-dealkylation sites (tertiary alicyclic amines) is 1. The highest BCUT2D eigenvalue weighted by Gasteiger charge is 2.26. The Morgan fingerprint density at radius 2 is 2.00 bits per heavy atom. The van der Waals surface area contributed by atoms with Gasteiger partial charge < -0.3 is 14.2 Å². The first-order valence-electron chi connectivity index (χ1n) is 8.57. The molecule has 0 bridgehead atoms. The van der Waals surface area contributed by atoms with Gasteiger partial charge in [-0.3, -0.25) is 4.79 Å². The molecule has 3 rings (SSSR count). The van der Waals surface area contributed by atoms with Gasteiger partial charge in [-0.05, 0) is 35.9 Å². The van der Waals surface area contributed by atoms with Crippen molar-refractivity contribution in [3.05, 3.63) is 47.2 Å². The second-order valence-corrected chi connectivity index (χ2v) is 6.19. The molecule has 0 atom stereocenters. The van der Waals surface area contributed by atoms with Crippen LogP contribution in [0.4, 0.5) is 0 Å². The molecule has 1 saturated heterocycles. The minimum atomic E-state index is 0.106. The fourth-order valence-electron chi connectivity index (χ4n) is 3.41. The molecule has 24 heavy (non-hydrogen) atoms. The highest BCUT2D eigenvalue weighted by atomic mass is 16.5. The molecule has 2 aromatic rings. The number of carbonyl (C=O) groups excluding carboxylic acids is 1. The lowest BCUT2D eigenvalue weighted by Crippen LogP contribution is -2.38. The van der Waals surface area contributed by atoms with Crippen molar-refractivity contribution in [3.63, 3.8) is 0 Å². The summed E-state index contributed by atoms with van der Waals surface area (Å²) in [6.07, 6.45) is 3.02. The van der Waals surface area contributed by atoms with E-state index >= 15 is 0 Å². The lowest BCUT2D eigenvalue weighted by atomic mass is 9.89. The summed E-state index contributed by atoms with van der Waals surface area (Å²) < 4.78 is 10.5. The summed E-state index contributed by atoms with van der Waals surface area (Å²) in [6, 6.07) is 10.6. The quantitative estimate of drug-likeness (QED) is 0.846. The number of rotatable bonds is 5. The van der Waals surface area contributed by atoms with Gasteiger partial charge in [0.1, 0.15) is 0 Å². The van der Waals surface area contributed by atoms with Crippen molar-refractivity contribution in [1.82, 2.24) is 10.1 Å². The Bertz CT molecular complexity index is 673. The molecule has 0 aliphatic carbocycles. The molecule has 1 aromatic carbocycles. The summed E-state index contributed by atoms with van der Waals surface area (Å²) in [4.78, 5) is 14.5. The molecule has 0 radical (unpaired) electrons. The van der Waals surface area contributed by atoms with Crippen molar-refractivity contribution in [1.29, 1.82) is 0 Å². The van der Waals surface area contributed by atoms with Crippen molar-refractivity contribution in [2.45, 2.75) is 38.5 Å². The van der Waals surface area contributed by atoms with Crippen molar-refractivity contribution < 1.29 is 14.1 Å². The maximum absolute atomic E-state index is 12.6. The summed E-state index contributed by atoms with van der Waals surface area (Å²) >= 11 is 0. The third kappa shape index (κ3) is 3.45. The number of carbonyl (C=O) groups is 1. The minimum absolute atomic E-state index is 0.106. The van der Waals surface area contributed by atoms with Crippen molar-refractivity contribution in [2.75, 3.05) is 20.2 Å². The van der Waals surface area contributed by atoms with Gasteiger partial charge in [0.05, 0.1) is 19.1 Å². The first kappa shape index (κ1) is 16.6. The van der Waals surface area contributed by atoms with Gasteiger partial charge in [0.2, 0.25) is 5.91 Å². The van der Waals surface area contributed by atoms with Crippen LogP contribution in [-0.4, -0.2) is 36.2 Å². The number of hydrogen-bond donors (Lipinski definition) is 0. The van der Waals surface area contributed by atoms with Crippen molar-refractivity contribution in [3.8, 4) is 5.88 Å². The molecule has 128 valence electrons. The normalized spacial score (nSPS) is 15.5. The van der Waals surface area contributed by atoms with Gasteiger partial charge >= 0.3 is 0 Å². The van der Waals surface area contributed by atoms with Crippen LogP contribution in [0.2, 0.25) is 0 Å². The first-order valence-corrected chi connectivity index (χ1v) is 8.57. The van der Waals surface area contributed by atoms with Crippen LogP contribution in [-0.2, 0) is 17.6 Å². The molecule has 0 saturated carbocycles. The van der Waals surface area contributed by atoms with Gasteiger partial charge in [-0.15, -0.1) is 0 Å². The van der Waals surface area contributed by atoms with Gasteiger partial charge in [0.25, 0.3) is 5.88 Å². The van der Waals surface area contributed by atoms with Crippen molar-refractivity contribution >= 4 is 5.91 Å². The van der Waals surface area contributed by atoms with E-state index in [1.807, 2.05) is 17.9 Å². The Labute approximate surface area is 142 Å².